The molecule has 1 aromatic heterocycles. The van der Waals surface area contributed by atoms with Gasteiger partial charge in [0.15, 0.2) is 22.9 Å². The Kier molecular flexibility index (Phi) is 5.91. The Hall–Kier alpha value is -3.11. The van der Waals surface area contributed by atoms with Gasteiger partial charge in [-0.15, -0.1) is 0 Å². The first-order valence-electron chi connectivity index (χ1n) is 11.5. The number of piperidine rings is 1. The zero-order chi connectivity index (χ0) is 25.8. The first-order chi connectivity index (χ1) is 17.8. The van der Waals surface area contributed by atoms with E-state index in [4.69, 9.17) is 37.4 Å². The Bertz CT molecular complexity index is 1550. The summed E-state index contributed by atoms with van der Waals surface area (Å²) in [7, 11) is -3.84. The van der Waals surface area contributed by atoms with Crippen LogP contribution in [0.2, 0.25) is 10.0 Å². The van der Waals surface area contributed by atoms with Gasteiger partial charge in [-0.25, -0.2) is 8.42 Å². The molecule has 37 heavy (non-hydrogen) atoms. The third-order valence-corrected chi connectivity index (χ3v) is 9.42. The fourth-order valence-corrected chi connectivity index (χ4v) is 6.65. The van der Waals surface area contributed by atoms with Crippen molar-refractivity contribution in [1.82, 2.24) is 9.29 Å². The summed E-state index contributed by atoms with van der Waals surface area (Å²) in [5.41, 5.74) is 0.323. The summed E-state index contributed by atoms with van der Waals surface area (Å²) in [6, 6.07) is 14.9. The van der Waals surface area contributed by atoms with E-state index in [1.54, 1.807) is 36.5 Å². The summed E-state index contributed by atoms with van der Waals surface area (Å²) in [6.07, 6.45) is 1.98. The smallest absolute Gasteiger partial charge is 0.243 e. The second-order valence-electron chi connectivity index (χ2n) is 8.89. The summed E-state index contributed by atoms with van der Waals surface area (Å²) in [4.78, 5) is 18.4. The van der Waals surface area contributed by atoms with Crippen LogP contribution in [0.4, 0.5) is 0 Å². The number of hydrogen-bond donors (Lipinski definition) is 0. The number of hydrogen-bond acceptors (Lipinski definition) is 7. The van der Waals surface area contributed by atoms with Gasteiger partial charge in [-0.2, -0.15) is 4.31 Å². The minimum Gasteiger partial charge on any atom is -0.476 e. The lowest BCUT2D eigenvalue weighted by molar-refractivity contribution is -0.131. The predicted molar refractivity (Wildman–Crippen MR) is 137 cm³/mol. The van der Waals surface area contributed by atoms with Crippen molar-refractivity contribution >= 4 is 50.3 Å². The lowest BCUT2D eigenvalue weighted by atomic mass is 9.84. The molecule has 1 spiro atoms. The van der Waals surface area contributed by atoms with Crippen LogP contribution in [0.5, 0.6) is 11.5 Å². The van der Waals surface area contributed by atoms with Crippen molar-refractivity contribution in [3.63, 3.8) is 0 Å². The number of nitrogens with zero attached hydrogens (tertiary/aromatic N) is 2. The van der Waals surface area contributed by atoms with Crippen LogP contribution in [0.3, 0.4) is 0 Å². The van der Waals surface area contributed by atoms with Gasteiger partial charge in [0.05, 0.1) is 20.5 Å². The maximum atomic E-state index is 14.0. The molecule has 8 nitrogen and oxygen atoms in total. The Morgan fingerprint density at radius 3 is 2.43 bits per heavy atom. The van der Waals surface area contributed by atoms with Gasteiger partial charge in [0, 0.05) is 32.1 Å². The topological polar surface area (TPSA) is 95.0 Å². The summed E-state index contributed by atoms with van der Waals surface area (Å²) in [5.74, 6) is 1.30. The van der Waals surface area contributed by atoms with Crippen LogP contribution in [0.25, 0.3) is 11.3 Å². The second kappa shape index (κ2) is 9.02. The summed E-state index contributed by atoms with van der Waals surface area (Å²) < 4.78 is 45.2. The van der Waals surface area contributed by atoms with E-state index in [9.17, 15) is 13.2 Å². The zero-order valence-corrected chi connectivity index (χ0v) is 21.6. The molecule has 1 fully saturated rings. The van der Waals surface area contributed by atoms with E-state index in [0.29, 0.717) is 34.1 Å². The van der Waals surface area contributed by atoms with Crippen LogP contribution in [0.15, 0.2) is 65.7 Å². The van der Waals surface area contributed by atoms with Gasteiger partial charge in [0.1, 0.15) is 5.69 Å². The number of Topliss-reactive ketones (excluding diaryl/α,β-unsaturated/α-hetero) is 1. The van der Waals surface area contributed by atoms with Crippen LogP contribution in [-0.2, 0) is 19.6 Å². The van der Waals surface area contributed by atoms with Gasteiger partial charge < -0.3 is 14.2 Å². The molecule has 3 aromatic rings. The molecule has 2 aromatic carbocycles. The van der Waals surface area contributed by atoms with Crippen LogP contribution in [0, 0.1) is 0 Å². The molecule has 0 radical (unpaired) electrons. The molecular weight excluding hydrogens is 539 g/mol. The lowest BCUT2D eigenvalue weighted by Gasteiger charge is -2.37. The highest BCUT2D eigenvalue weighted by molar-refractivity contribution is 7.89. The molecule has 1 saturated heterocycles. The molecule has 0 unspecified atom stereocenters. The minimum absolute atomic E-state index is 0.0462. The highest BCUT2D eigenvalue weighted by atomic mass is 35.5. The molecule has 3 aliphatic rings. The minimum atomic E-state index is -3.84. The Morgan fingerprint density at radius 1 is 0.919 bits per heavy atom. The molecule has 190 valence electrons. The largest absolute Gasteiger partial charge is 0.476 e. The van der Waals surface area contributed by atoms with E-state index in [1.165, 1.54) is 22.5 Å². The van der Waals surface area contributed by atoms with E-state index in [0.717, 1.165) is 0 Å². The number of fused-ring (bicyclic) bond motifs is 1. The maximum absolute atomic E-state index is 14.0. The third kappa shape index (κ3) is 4.06. The fourth-order valence-electron chi connectivity index (χ4n) is 4.82. The molecule has 0 atom stereocenters. The number of ketones is 1. The van der Waals surface area contributed by atoms with Crippen molar-refractivity contribution < 1.29 is 27.4 Å². The summed E-state index contributed by atoms with van der Waals surface area (Å²) >= 11 is 12.0. The molecule has 6 rings (SSSR count). The number of rotatable bonds is 4. The normalized spacial score (nSPS) is 18.9. The van der Waals surface area contributed by atoms with Crippen molar-refractivity contribution in [2.75, 3.05) is 19.9 Å². The zero-order valence-electron chi connectivity index (χ0n) is 19.3. The molecular formula is C26H20Cl2N2O6S. The van der Waals surface area contributed by atoms with Crippen LogP contribution < -0.4 is 9.47 Å². The second-order valence-corrected chi connectivity index (χ2v) is 11.6. The van der Waals surface area contributed by atoms with E-state index >= 15 is 0 Å². The lowest BCUT2D eigenvalue weighted by Crippen LogP contribution is -2.50. The van der Waals surface area contributed by atoms with Gasteiger partial charge in [-0.3, -0.25) is 9.78 Å². The monoisotopic (exact) mass is 558 g/mol. The molecule has 0 aliphatic carbocycles. The number of ether oxygens (including phenoxy) is 3. The van der Waals surface area contributed by atoms with Crippen molar-refractivity contribution in [1.29, 1.82) is 0 Å². The van der Waals surface area contributed by atoms with Crippen molar-refractivity contribution in [3.05, 3.63) is 82.1 Å². The van der Waals surface area contributed by atoms with Crippen LogP contribution in [-0.4, -0.2) is 49.0 Å². The predicted octanol–water partition coefficient (Wildman–Crippen LogP) is 4.81. The van der Waals surface area contributed by atoms with Crippen molar-refractivity contribution in [3.8, 4) is 11.5 Å². The molecule has 0 bridgehead atoms. The number of pyridine rings is 1. The first-order valence-corrected chi connectivity index (χ1v) is 13.7. The number of carbonyl (C=O) groups excluding carboxylic acids is 1. The number of carbonyl (C=O) groups is 1. The maximum Gasteiger partial charge on any atom is 0.243 e. The van der Waals surface area contributed by atoms with Crippen molar-refractivity contribution in [2.45, 2.75) is 23.3 Å². The molecule has 0 N–H and O–H groups in total. The molecule has 11 heteroatoms. The Morgan fingerprint density at radius 2 is 1.70 bits per heavy atom. The standard InChI is InChI=1S/C26H20Cl2N2O6S/c27-18-6-5-17(14-19(18)28)37(32,33)30-11-8-26(9-12-30)25(31)23(24(36-26)20-3-1-2-10-29-20)16-4-7-21-22(13-16)35-15-34-21/h1-7,10,13-14H,8-9,11-12,15H2. The molecule has 0 saturated carbocycles. The highest BCUT2D eigenvalue weighted by Crippen LogP contribution is 2.47. The van der Waals surface area contributed by atoms with E-state index in [-0.39, 0.29) is 53.4 Å². The van der Waals surface area contributed by atoms with E-state index in [2.05, 4.69) is 4.98 Å². The highest BCUT2D eigenvalue weighted by Gasteiger charge is 2.53. The molecule has 4 heterocycles. The quantitative estimate of drug-likeness (QED) is 0.453. The summed E-state index contributed by atoms with van der Waals surface area (Å²) in [6.45, 7) is 0.304. The Labute approximate surface area is 223 Å². The molecule has 3 aliphatic heterocycles. The Balaban J connectivity index is 1.32. The number of halogens is 2. The fraction of sp³-hybridized carbons (Fsp3) is 0.231. The van der Waals surface area contributed by atoms with Gasteiger partial charge in [-0.05, 0) is 48.0 Å². The number of sulfonamides is 1. The number of benzene rings is 2. The third-order valence-electron chi connectivity index (χ3n) is 6.78. The average Bonchev–Trinajstić information content (AvgIpc) is 3.49. The average molecular weight is 559 g/mol. The first kappa shape index (κ1) is 24.2. The number of aromatic nitrogens is 1. The SMILES string of the molecule is O=C1C(c2ccc3c(c2)OCO3)=C(c2ccccn2)OC12CCN(S(=O)(=O)c1ccc(Cl)c(Cl)c1)CC2. The van der Waals surface area contributed by atoms with Crippen molar-refractivity contribution in [2.24, 2.45) is 0 Å². The van der Waals surface area contributed by atoms with Gasteiger partial charge in [-0.1, -0.05) is 35.3 Å². The van der Waals surface area contributed by atoms with Gasteiger partial charge in [0.25, 0.3) is 0 Å². The van der Waals surface area contributed by atoms with Crippen LogP contribution >= 0.6 is 23.2 Å². The van der Waals surface area contributed by atoms with Gasteiger partial charge in [0.2, 0.25) is 22.6 Å². The van der Waals surface area contributed by atoms with E-state index in [1.807, 2.05) is 6.07 Å². The summed E-state index contributed by atoms with van der Waals surface area (Å²) in [5, 5.41) is 0.426. The van der Waals surface area contributed by atoms with E-state index < -0.39 is 15.6 Å². The van der Waals surface area contributed by atoms with Gasteiger partial charge >= 0.3 is 0 Å². The molecule has 0 amide bonds. The van der Waals surface area contributed by atoms with Crippen LogP contribution in [0.1, 0.15) is 24.1 Å².